The molecule has 35 heavy (non-hydrogen) atoms. The molecular weight excluding hydrogens is 438 g/mol. The molecule has 1 aromatic carbocycles. The maximum atomic E-state index is 12.2. The summed E-state index contributed by atoms with van der Waals surface area (Å²) in [6.45, 7) is 15.0. The Morgan fingerprint density at radius 2 is 1.97 bits per heavy atom. The fourth-order valence-corrected chi connectivity index (χ4v) is 8.44. The summed E-state index contributed by atoms with van der Waals surface area (Å²) in [5, 5.41) is 12.2. The lowest BCUT2D eigenvalue weighted by Crippen LogP contribution is -2.75. The first kappa shape index (κ1) is 23.8. The Kier molecular flexibility index (Phi) is 5.10. The van der Waals surface area contributed by atoms with E-state index >= 15 is 0 Å². The number of likely N-dealkylation sites (tertiary alicyclic amines) is 1. The average molecular weight is 482 g/mol. The van der Waals surface area contributed by atoms with Crippen molar-refractivity contribution in [2.24, 2.45) is 23.2 Å². The Morgan fingerprint density at radius 3 is 2.57 bits per heavy atom. The van der Waals surface area contributed by atoms with Crippen molar-refractivity contribution in [3.8, 4) is 11.5 Å². The van der Waals surface area contributed by atoms with E-state index in [1.54, 1.807) is 14.2 Å². The number of piperidine rings is 1. The van der Waals surface area contributed by atoms with E-state index in [0.717, 1.165) is 43.2 Å². The summed E-state index contributed by atoms with van der Waals surface area (Å²) >= 11 is 0. The van der Waals surface area contributed by atoms with Crippen LogP contribution < -0.4 is 9.47 Å². The third kappa shape index (κ3) is 2.92. The molecular formula is C30H43NO4. The molecule has 2 saturated carbocycles. The SMILES string of the molecule is C=C[C@@]1(OC)[C@@H](C(C)(O)C(C)(C)C)CC2[C@H]3Cc4ccc(OC)c5c4[C@@]2(CCN3CC2CC2)[C@H]1O5. The van der Waals surface area contributed by atoms with Crippen molar-refractivity contribution in [1.82, 2.24) is 4.90 Å². The van der Waals surface area contributed by atoms with Crippen LogP contribution in [0.3, 0.4) is 0 Å². The van der Waals surface area contributed by atoms with Gasteiger partial charge in [-0.05, 0) is 74.5 Å². The maximum Gasteiger partial charge on any atom is 0.165 e. The highest BCUT2D eigenvalue weighted by molar-refractivity contribution is 5.62. The van der Waals surface area contributed by atoms with Gasteiger partial charge in [0.25, 0.3) is 0 Å². The molecule has 6 rings (SSSR count). The normalized spacial score (nSPS) is 39.4. The second kappa shape index (κ2) is 7.49. The van der Waals surface area contributed by atoms with E-state index < -0.39 is 11.2 Å². The summed E-state index contributed by atoms with van der Waals surface area (Å²) in [5.41, 5.74) is 0.482. The predicted octanol–water partition coefficient (Wildman–Crippen LogP) is 4.74. The first-order valence-electron chi connectivity index (χ1n) is 13.6. The summed E-state index contributed by atoms with van der Waals surface area (Å²) < 4.78 is 19.3. The van der Waals surface area contributed by atoms with Gasteiger partial charge in [0.15, 0.2) is 11.5 Å². The van der Waals surface area contributed by atoms with Gasteiger partial charge < -0.3 is 19.3 Å². The van der Waals surface area contributed by atoms with Crippen molar-refractivity contribution < 1.29 is 19.3 Å². The van der Waals surface area contributed by atoms with Gasteiger partial charge in [-0.3, -0.25) is 4.90 Å². The minimum atomic E-state index is -0.975. The Hall–Kier alpha value is -1.56. The molecule has 2 heterocycles. The Labute approximate surface area is 210 Å². The smallest absolute Gasteiger partial charge is 0.165 e. The fourth-order valence-electron chi connectivity index (χ4n) is 8.44. The van der Waals surface area contributed by atoms with E-state index in [-0.39, 0.29) is 22.9 Å². The van der Waals surface area contributed by atoms with Crippen molar-refractivity contribution in [2.75, 3.05) is 27.3 Å². The maximum absolute atomic E-state index is 12.2. The van der Waals surface area contributed by atoms with Gasteiger partial charge in [0.05, 0.1) is 12.7 Å². The fraction of sp³-hybridized carbons (Fsp3) is 0.733. The molecule has 2 bridgehead atoms. The van der Waals surface area contributed by atoms with Gasteiger partial charge in [0, 0.05) is 36.6 Å². The Bertz CT molecular complexity index is 1040. The lowest BCUT2D eigenvalue weighted by Gasteiger charge is -2.66. The summed E-state index contributed by atoms with van der Waals surface area (Å²) in [4.78, 5) is 2.78. The van der Waals surface area contributed by atoms with Gasteiger partial charge in [0.1, 0.15) is 11.7 Å². The average Bonchev–Trinajstić information content (AvgIpc) is 3.57. The third-order valence-electron chi connectivity index (χ3n) is 10.9. The lowest BCUT2D eigenvalue weighted by atomic mass is 9.44. The van der Waals surface area contributed by atoms with Gasteiger partial charge >= 0.3 is 0 Å². The zero-order chi connectivity index (χ0) is 25.0. The van der Waals surface area contributed by atoms with Crippen LogP contribution in [0.4, 0.5) is 0 Å². The predicted molar refractivity (Wildman–Crippen MR) is 137 cm³/mol. The molecule has 0 radical (unpaired) electrons. The number of nitrogens with zero attached hydrogens (tertiary/aromatic N) is 1. The number of rotatable bonds is 6. The van der Waals surface area contributed by atoms with Crippen LogP contribution >= 0.6 is 0 Å². The molecule has 5 heteroatoms. The summed E-state index contributed by atoms with van der Waals surface area (Å²) in [6.07, 6.45) is 7.42. The van der Waals surface area contributed by atoms with Crippen molar-refractivity contribution >= 4 is 0 Å². The minimum absolute atomic E-state index is 0.147. The number of hydrogen-bond donors (Lipinski definition) is 1. The van der Waals surface area contributed by atoms with Crippen molar-refractivity contribution in [2.45, 2.75) is 88.6 Å². The number of benzene rings is 1. The molecule has 0 aromatic heterocycles. The monoisotopic (exact) mass is 481 g/mol. The molecule has 3 fully saturated rings. The molecule has 1 spiro atoms. The zero-order valence-corrected chi connectivity index (χ0v) is 22.4. The van der Waals surface area contributed by atoms with Gasteiger partial charge in [-0.2, -0.15) is 0 Å². The molecule has 5 aliphatic rings. The van der Waals surface area contributed by atoms with Gasteiger partial charge in [-0.1, -0.05) is 32.9 Å². The van der Waals surface area contributed by atoms with Gasteiger partial charge in [-0.15, -0.1) is 6.58 Å². The molecule has 192 valence electrons. The van der Waals surface area contributed by atoms with E-state index in [1.165, 1.54) is 30.5 Å². The molecule has 1 saturated heterocycles. The topological polar surface area (TPSA) is 51.2 Å². The minimum Gasteiger partial charge on any atom is -0.493 e. The molecule has 3 aliphatic carbocycles. The van der Waals surface area contributed by atoms with E-state index in [0.29, 0.717) is 12.0 Å². The lowest BCUT2D eigenvalue weighted by molar-refractivity contribution is -0.237. The van der Waals surface area contributed by atoms with Gasteiger partial charge in [0.2, 0.25) is 0 Å². The molecule has 1 aromatic rings. The van der Waals surface area contributed by atoms with E-state index in [2.05, 4.69) is 44.4 Å². The first-order chi connectivity index (χ1) is 16.5. The molecule has 0 amide bonds. The molecule has 2 aliphatic heterocycles. The molecule has 7 atom stereocenters. The van der Waals surface area contributed by atoms with Crippen molar-refractivity contribution in [3.05, 3.63) is 35.9 Å². The first-order valence-corrected chi connectivity index (χ1v) is 13.6. The summed E-state index contributed by atoms with van der Waals surface area (Å²) in [6, 6.07) is 4.81. The molecule has 5 nitrogen and oxygen atoms in total. The van der Waals surface area contributed by atoms with Crippen molar-refractivity contribution in [1.29, 1.82) is 0 Å². The highest BCUT2D eigenvalue weighted by Crippen LogP contribution is 2.69. The van der Waals surface area contributed by atoms with E-state index in [4.69, 9.17) is 14.2 Å². The standard InChI is InChI=1S/C30H43NO4/c1-8-30(34-7)23(28(5,32)27(2,3)4)16-20-21-15-19-11-12-22(33-6)25-24(19)29(20,26(30)35-25)13-14-31(21)17-18-9-10-18/h8,11-12,18,20-21,23,26,32H,1,9-10,13-17H2,2-7H3/t20?,21-,23-,26-,28?,29+,30-/m1/s1. The number of ether oxygens (including phenoxy) is 3. The Morgan fingerprint density at radius 1 is 1.23 bits per heavy atom. The van der Waals surface area contributed by atoms with Gasteiger partial charge in [-0.25, -0.2) is 0 Å². The van der Waals surface area contributed by atoms with Crippen LogP contribution in [0.25, 0.3) is 0 Å². The van der Waals surface area contributed by atoms with Crippen LogP contribution in [0, 0.1) is 23.2 Å². The van der Waals surface area contributed by atoms with Crippen LogP contribution in [0.2, 0.25) is 0 Å². The third-order valence-corrected chi connectivity index (χ3v) is 10.9. The second-order valence-electron chi connectivity index (χ2n) is 13.2. The summed E-state index contributed by atoms with van der Waals surface area (Å²) in [5.74, 6) is 2.80. The number of aliphatic hydroxyl groups is 1. The van der Waals surface area contributed by atoms with Crippen LogP contribution in [-0.4, -0.2) is 60.7 Å². The molecule has 1 N–H and O–H groups in total. The quantitative estimate of drug-likeness (QED) is 0.595. The van der Waals surface area contributed by atoms with E-state index in [1.807, 2.05) is 13.0 Å². The molecule has 2 unspecified atom stereocenters. The summed E-state index contributed by atoms with van der Waals surface area (Å²) in [7, 11) is 3.50. The zero-order valence-electron chi connectivity index (χ0n) is 22.4. The number of hydrogen-bond acceptors (Lipinski definition) is 5. The van der Waals surface area contributed by atoms with Crippen molar-refractivity contribution in [3.63, 3.8) is 0 Å². The van der Waals surface area contributed by atoms with Crippen LogP contribution in [0.15, 0.2) is 24.8 Å². The highest BCUT2D eigenvalue weighted by atomic mass is 16.6. The van der Waals surface area contributed by atoms with Crippen LogP contribution in [0.1, 0.15) is 64.5 Å². The van der Waals surface area contributed by atoms with E-state index in [9.17, 15) is 5.11 Å². The van der Waals surface area contributed by atoms with Crippen LogP contribution in [-0.2, 0) is 16.6 Å². The Balaban J connectivity index is 1.57. The largest absolute Gasteiger partial charge is 0.493 e. The highest BCUT2D eigenvalue weighted by Gasteiger charge is 2.74. The second-order valence-corrected chi connectivity index (χ2v) is 13.2. The van der Waals surface area contributed by atoms with Crippen LogP contribution in [0.5, 0.6) is 11.5 Å². The number of methoxy groups -OCH3 is 2.